The van der Waals surface area contributed by atoms with Gasteiger partial charge in [-0.15, -0.1) is 0 Å². The molecule has 1 saturated heterocycles. The molecule has 1 aromatic rings. The molecule has 1 aromatic heterocycles. The van der Waals surface area contributed by atoms with Crippen LogP contribution in [0.4, 0.5) is 0 Å². The Morgan fingerprint density at radius 1 is 1.33 bits per heavy atom. The lowest BCUT2D eigenvalue weighted by atomic mass is 9.90. The van der Waals surface area contributed by atoms with Crippen LogP contribution in [0.15, 0.2) is 18.3 Å². The molecule has 1 aliphatic carbocycles. The lowest BCUT2D eigenvalue weighted by Gasteiger charge is -2.34. The molecule has 112 valence electrons. The maximum absolute atomic E-state index is 12.6. The highest BCUT2D eigenvalue weighted by Crippen LogP contribution is 2.39. The van der Waals surface area contributed by atoms with E-state index in [1.807, 2.05) is 13.0 Å². The number of carboxylic acids is 1. The number of carbonyl (C=O) groups excluding carboxylic acids is 1. The van der Waals surface area contributed by atoms with Gasteiger partial charge in [-0.05, 0) is 37.3 Å². The van der Waals surface area contributed by atoms with Crippen molar-refractivity contribution in [2.45, 2.75) is 32.1 Å². The summed E-state index contributed by atoms with van der Waals surface area (Å²) in [6.45, 7) is 2.93. The molecule has 2 unspecified atom stereocenters. The van der Waals surface area contributed by atoms with Gasteiger partial charge in [0.05, 0.1) is 5.92 Å². The fraction of sp³-hybridized carbons (Fsp3) is 0.562. The number of carboxylic acid groups (broad SMARTS) is 1. The maximum atomic E-state index is 12.6. The Balaban J connectivity index is 1.77. The predicted octanol–water partition coefficient (Wildman–Crippen LogP) is 2.14. The molecule has 2 atom stereocenters. The molecule has 1 N–H and O–H groups in total. The number of amides is 1. The number of likely N-dealkylation sites (tertiary alicyclic amines) is 1. The van der Waals surface area contributed by atoms with E-state index < -0.39 is 11.9 Å². The number of aliphatic carboxylic acids is 1. The number of carbonyl (C=O) groups is 2. The summed E-state index contributed by atoms with van der Waals surface area (Å²) in [6, 6.07) is 3.60. The number of nitrogens with zero attached hydrogens (tertiary/aromatic N) is 2. The Morgan fingerprint density at radius 3 is 2.76 bits per heavy atom. The highest BCUT2D eigenvalue weighted by atomic mass is 16.4. The Morgan fingerprint density at radius 2 is 2.10 bits per heavy atom. The third-order valence-corrected chi connectivity index (χ3v) is 4.32. The molecule has 0 aromatic carbocycles. The summed E-state index contributed by atoms with van der Waals surface area (Å²) in [5.41, 5.74) is 1.62. The number of piperidine rings is 1. The second kappa shape index (κ2) is 5.47. The van der Waals surface area contributed by atoms with Crippen molar-refractivity contribution in [1.82, 2.24) is 9.88 Å². The molecule has 0 bridgehead atoms. The van der Waals surface area contributed by atoms with Gasteiger partial charge in [-0.1, -0.05) is 6.92 Å². The highest BCUT2D eigenvalue weighted by molar-refractivity contribution is 5.94. The van der Waals surface area contributed by atoms with Crippen molar-refractivity contribution < 1.29 is 14.7 Å². The van der Waals surface area contributed by atoms with Gasteiger partial charge < -0.3 is 10.0 Å². The Bertz CT molecular complexity index is 568. The van der Waals surface area contributed by atoms with E-state index in [4.69, 9.17) is 0 Å². The smallest absolute Gasteiger partial charge is 0.308 e. The lowest BCUT2D eigenvalue weighted by Crippen LogP contribution is -2.45. The zero-order valence-corrected chi connectivity index (χ0v) is 12.2. The van der Waals surface area contributed by atoms with Gasteiger partial charge in [-0.25, -0.2) is 0 Å². The van der Waals surface area contributed by atoms with Crippen molar-refractivity contribution in [1.29, 1.82) is 0 Å². The van der Waals surface area contributed by atoms with Crippen molar-refractivity contribution in [2.24, 2.45) is 11.8 Å². The number of rotatable bonds is 3. The van der Waals surface area contributed by atoms with Crippen LogP contribution >= 0.6 is 0 Å². The first-order chi connectivity index (χ1) is 10.0. The van der Waals surface area contributed by atoms with Crippen molar-refractivity contribution in [2.75, 3.05) is 13.1 Å². The van der Waals surface area contributed by atoms with Crippen molar-refractivity contribution in [3.8, 4) is 0 Å². The van der Waals surface area contributed by atoms with E-state index in [1.165, 1.54) is 0 Å². The minimum atomic E-state index is -0.812. The zero-order valence-electron chi connectivity index (χ0n) is 12.2. The largest absolute Gasteiger partial charge is 0.481 e. The fourth-order valence-corrected chi connectivity index (χ4v) is 3.06. The average Bonchev–Trinajstić information content (AvgIpc) is 3.30. The maximum Gasteiger partial charge on any atom is 0.308 e. The van der Waals surface area contributed by atoms with Gasteiger partial charge in [-0.3, -0.25) is 14.6 Å². The molecule has 0 spiro atoms. The SMILES string of the molecule is CC1CC(C(=O)O)CN(C(=O)c2ccnc(C3CC3)c2)C1. The lowest BCUT2D eigenvalue weighted by molar-refractivity contribution is -0.143. The molecule has 21 heavy (non-hydrogen) atoms. The quantitative estimate of drug-likeness (QED) is 0.925. The normalized spacial score (nSPS) is 25.7. The first-order valence-electron chi connectivity index (χ1n) is 7.52. The van der Waals surface area contributed by atoms with Crippen LogP contribution in [0.5, 0.6) is 0 Å². The summed E-state index contributed by atoms with van der Waals surface area (Å²) >= 11 is 0. The molecular weight excluding hydrogens is 268 g/mol. The van der Waals surface area contributed by atoms with Crippen LogP contribution in [-0.4, -0.2) is 40.0 Å². The molecule has 1 saturated carbocycles. The first-order valence-corrected chi connectivity index (χ1v) is 7.52. The van der Waals surface area contributed by atoms with Crippen LogP contribution in [0.25, 0.3) is 0 Å². The van der Waals surface area contributed by atoms with Crippen molar-refractivity contribution in [3.63, 3.8) is 0 Å². The molecule has 1 aliphatic heterocycles. The molecule has 5 nitrogen and oxygen atoms in total. The van der Waals surface area contributed by atoms with Crippen molar-refractivity contribution >= 4 is 11.9 Å². The Hall–Kier alpha value is -1.91. The van der Waals surface area contributed by atoms with Crippen LogP contribution in [0.3, 0.4) is 0 Å². The van der Waals surface area contributed by atoms with E-state index in [1.54, 1.807) is 17.2 Å². The van der Waals surface area contributed by atoms with Crippen LogP contribution in [0.1, 0.15) is 48.2 Å². The monoisotopic (exact) mass is 288 g/mol. The van der Waals surface area contributed by atoms with E-state index in [0.29, 0.717) is 31.0 Å². The Labute approximate surface area is 124 Å². The molecule has 2 aliphatic rings. The number of hydrogen-bond donors (Lipinski definition) is 1. The summed E-state index contributed by atoms with van der Waals surface area (Å²) in [6.07, 6.45) is 4.62. The molecule has 0 radical (unpaired) electrons. The predicted molar refractivity (Wildman–Crippen MR) is 77.0 cm³/mol. The minimum absolute atomic E-state index is 0.0721. The average molecular weight is 288 g/mol. The number of aromatic nitrogens is 1. The van der Waals surface area contributed by atoms with Crippen molar-refractivity contribution in [3.05, 3.63) is 29.6 Å². The highest BCUT2D eigenvalue weighted by Gasteiger charge is 2.33. The van der Waals surface area contributed by atoms with E-state index in [9.17, 15) is 14.7 Å². The summed E-state index contributed by atoms with van der Waals surface area (Å²) in [5, 5.41) is 9.20. The second-order valence-electron chi connectivity index (χ2n) is 6.33. The second-order valence-corrected chi connectivity index (χ2v) is 6.33. The summed E-state index contributed by atoms with van der Waals surface area (Å²) < 4.78 is 0. The molecule has 2 fully saturated rings. The van der Waals surface area contributed by atoms with E-state index in [2.05, 4.69) is 4.98 Å². The topological polar surface area (TPSA) is 70.5 Å². The minimum Gasteiger partial charge on any atom is -0.481 e. The molecule has 3 rings (SSSR count). The summed E-state index contributed by atoms with van der Waals surface area (Å²) in [7, 11) is 0. The van der Waals surface area contributed by atoms with Gasteiger partial charge in [-0.2, -0.15) is 0 Å². The Kier molecular flexibility index (Phi) is 3.66. The zero-order chi connectivity index (χ0) is 15.0. The summed E-state index contributed by atoms with van der Waals surface area (Å²) in [4.78, 5) is 29.8. The molecular formula is C16H20N2O3. The van der Waals surface area contributed by atoms with Crippen LogP contribution < -0.4 is 0 Å². The van der Waals surface area contributed by atoms with Gasteiger partial charge in [0.25, 0.3) is 5.91 Å². The fourth-order valence-electron chi connectivity index (χ4n) is 3.06. The van der Waals surface area contributed by atoms with Gasteiger partial charge in [0.15, 0.2) is 0 Å². The van der Waals surface area contributed by atoms with Gasteiger partial charge in [0, 0.05) is 36.5 Å². The van der Waals surface area contributed by atoms with E-state index >= 15 is 0 Å². The number of hydrogen-bond acceptors (Lipinski definition) is 3. The third kappa shape index (κ3) is 3.06. The van der Waals surface area contributed by atoms with Gasteiger partial charge >= 0.3 is 5.97 Å². The summed E-state index contributed by atoms with van der Waals surface area (Å²) in [5.74, 6) is -0.620. The van der Waals surface area contributed by atoms with Gasteiger partial charge in [0.1, 0.15) is 0 Å². The van der Waals surface area contributed by atoms with Gasteiger partial charge in [0.2, 0.25) is 0 Å². The molecule has 2 heterocycles. The van der Waals surface area contributed by atoms with Crippen LogP contribution in [-0.2, 0) is 4.79 Å². The molecule has 1 amide bonds. The molecule has 5 heteroatoms. The number of pyridine rings is 1. The van der Waals surface area contributed by atoms with E-state index in [-0.39, 0.29) is 11.8 Å². The van der Waals surface area contributed by atoms with Crippen LogP contribution in [0, 0.1) is 11.8 Å². The van der Waals surface area contributed by atoms with Crippen LogP contribution in [0.2, 0.25) is 0 Å². The first kappa shape index (κ1) is 14.0. The third-order valence-electron chi connectivity index (χ3n) is 4.32. The standard InChI is InChI=1S/C16H20N2O3/c1-10-6-13(16(20)21)9-18(8-10)15(19)12-4-5-17-14(7-12)11-2-3-11/h4-5,7,10-11,13H,2-3,6,8-9H2,1H3,(H,20,21). The van der Waals surface area contributed by atoms with E-state index in [0.717, 1.165) is 18.5 Å².